The summed E-state index contributed by atoms with van der Waals surface area (Å²) in [5, 5.41) is 9.72. The van der Waals surface area contributed by atoms with Crippen molar-refractivity contribution < 1.29 is 41.0 Å². The summed E-state index contributed by atoms with van der Waals surface area (Å²) in [6.45, 7) is 6.08. The van der Waals surface area contributed by atoms with Crippen LogP contribution in [0.5, 0.6) is 5.75 Å². The van der Waals surface area contributed by atoms with Gasteiger partial charge in [0.05, 0.1) is 22.8 Å². The van der Waals surface area contributed by atoms with E-state index >= 15 is 0 Å². The molecule has 39 heavy (non-hydrogen) atoms. The Labute approximate surface area is 224 Å². The number of alkyl halides is 3. The minimum atomic E-state index is -4.94. The van der Waals surface area contributed by atoms with Gasteiger partial charge in [0.25, 0.3) is 10.0 Å². The van der Waals surface area contributed by atoms with Gasteiger partial charge in [-0.05, 0) is 57.5 Å². The smallest absolute Gasteiger partial charge is 0.412 e. The molecule has 10 nitrogen and oxygen atoms in total. The number of sulfonamides is 1. The minimum absolute atomic E-state index is 0.00945. The number of hydrogen-bond donors (Lipinski definition) is 3. The Morgan fingerprint density at radius 1 is 1.13 bits per heavy atom. The lowest BCUT2D eigenvalue weighted by Crippen LogP contribution is -2.57. The Kier molecular flexibility index (Phi) is 7.87. The number of carbonyl (C=O) groups is 2. The number of benzene rings is 2. The summed E-state index contributed by atoms with van der Waals surface area (Å²) >= 11 is 0. The van der Waals surface area contributed by atoms with Gasteiger partial charge in [0.1, 0.15) is 17.4 Å². The SMILES string of the molecule is Cc1ccc(S(=O)(=O)N2C[C@H](CC(C)(C)C(=O)NN)Oc3ccc(N(C(=O)O)C(C)(C)C(F)(F)F)cc32)cc1. The van der Waals surface area contributed by atoms with Crippen molar-refractivity contribution in [3.05, 3.63) is 48.0 Å². The highest BCUT2D eigenvalue weighted by atomic mass is 32.2. The molecule has 2 aromatic rings. The number of nitrogens with one attached hydrogen (secondary N) is 1. The molecular formula is C25H31F3N4O6S. The zero-order valence-corrected chi connectivity index (χ0v) is 22.9. The molecule has 0 saturated carbocycles. The van der Waals surface area contributed by atoms with E-state index in [0.29, 0.717) is 13.8 Å². The van der Waals surface area contributed by atoms with E-state index in [1.54, 1.807) is 32.9 Å². The number of amides is 2. The number of aryl methyl sites for hydroxylation is 1. The lowest BCUT2D eigenvalue weighted by Gasteiger charge is -2.40. The molecule has 2 aromatic carbocycles. The van der Waals surface area contributed by atoms with E-state index in [4.69, 9.17) is 10.6 Å². The van der Waals surface area contributed by atoms with Crippen LogP contribution in [0.1, 0.15) is 39.7 Å². The molecule has 1 atom stereocenters. The van der Waals surface area contributed by atoms with E-state index in [1.807, 2.05) is 0 Å². The van der Waals surface area contributed by atoms with Gasteiger partial charge in [0.2, 0.25) is 5.91 Å². The average molecular weight is 573 g/mol. The molecule has 0 spiro atoms. The number of fused-ring (bicyclic) bond motifs is 1. The lowest BCUT2D eigenvalue weighted by molar-refractivity contribution is -0.175. The lowest BCUT2D eigenvalue weighted by atomic mass is 9.85. The van der Waals surface area contributed by atoms with Crippen molar-refractivity contribution in [1.82, 2.24) is 5.43 Å². The average Bonchev–Trinajstić information content (AvgIpc) is 2.82. The molecule has 1 heterocycles. The van der Waals surface area contributed by atoms with Gasteiger partial charge >= 0.3 is 12.3 Å². The van der Waals surface area contributed by atoms with Gasteiger partial charge in [-0.3, -0.25) is 19.4 Å². The van der Waals surface area contributed by atoms with Crippen molar-refractivity contribution in [1.29, 1.82) is 0 Å². The number of carbonyl (C=O) groups excluding carboxylic acids is 1. The molecule has 4 N–H and O–H groups in total. The fourth-order valence-corrected chi connectivity index (χ4v) is 5.77. The van der Waals surface area contributed by atoms with Crippen LogP contribution in [0.25, 0.3) is 0 Å². The van der Waals surface area contributed by atoms with Gasteiger partial charge in [-0.15, -0.1) is 0 Å². The zero-order chi connectivity index (χ0) is 29.6. The van der Waals surface area contributed by atoms with Crippen LogP contribution in [-0.4, -0.2) is 49.9 Å². The van der Waals surface area contributed by atoms with Crippen LogP contribution < -0.4 is 25.2 Å². The predicted octanol–water partition coefficient (Wildman–Crippen LogP) is 4.18. The summed E-state index contributed by atoms with van der Waals surface area (Å²) < 4.78 is 76.0. The van der Waals surface area contributed by atoms with Gasteiger partial charge < -0.3 is 9.84 Å². The van der Waals surface area contributed by atoms with Crippen LogP contribution in [0, 0.1) is 12.3 Å². The van der Waals surface area contributed by atoms with Crippen LogP contribution >= 0.6 is 0 Å². The third-order valence-corrected chi connectivity index (χ3v) is 8.46. The number of hydrazine groups is 1. The maximum Gasteiger partial charge on any atom is 0.412 e. The molecule has 214 valence electrons. The molecule has 14 heteroatoms. The van der Waals surface area contributed by atoms with Gasteiger partial charge in [-0.25, -0.2) is 19.1 Å². The van der Waals surface area contributed by atoms with Crippen molar-refractivity contribution in [2.24, 2.45) is 11.3 Å². The molecule has 0 unspecified atom stereocenters. The Balaban J connectivity index is 2.18. The first kappa shape index (κ1) is 30.0. The highest BCUT2D eigenvalue weighted by Gasteiger charge is 2.54. The normalized spacial score (nSPS) is 16.2. The molecule has 2 amide bonds. The maximum absolute atomic E-state index is 13.8. The molecule has 0 bridgehead atoms. The minimum Gasteiger partial charge on any atom is -0.486 e. The van der Waals surface area contributed by atoms with Gasteiger partial charge in [0.15, 0.2) is 0 Å². The number of halogens is 3. The van der Waals surface area contributed by atoms with Crippen molar-refractivity contribution in [2.45, 2.75) is 63.8 Å². The van der Waals surface area contributed by atoms with E-state index in [-0.39, 0.29) is 34.2 Å². The van der Waals surface area contributed by atoms with Gasteiger partial charge in [0, 0.05) is 5.41 Å². The Morgan fingerprint density at radius 3 is 2.23 bits per heavy atom. The molecule has 0 radical (unpaired) electrons. The number of anilines is 2. The monoisotopic (exact) mass is 572 g/mol. The molecule has 0 saturated heterocycles. The first-order valence-corrected chi connectivity index (χ1v) is 13.3. The van der Waals surface area contributed by atoms with Crippen LogP contribution in [0.15, 0.2) is 47.4 Å². The Morgan fingerprint density at radius 2 is 1.72 bits per heavy atom. The maximum atomic E-state index is 13.8. The van der Waals surface area contributed by atoms with E-state index in [1.165, 1.54) is 18.2 Å². The number of ether oxygens (including phenoxy) is 1. The second-order valence-electron chi connectivity index (χ2n) is 10.5. The van der Waals surface area contributed by atoms with E-state index in [2.05, 4.69) is 5.43 Å². The summed E-state index contributed by atoms with van der Waals surface area (Å²) in [6.07, 6.45) is -7.63. The van der Waals surface area contributed by atoms with Gasteiger partial charge in [-0.1, -0.05) is 31.5 Å². The zero-order valence-electron chi connectivity index (χ0n) is 22.0. The Bertz CT molecular complexity index is 1360. The summed E-state index contributed by atoms with van der Waals surface area (Å²) in [7, 11) is -4.29. The molecular weight excluding hydrogens is 541 g/mol. The Hall–Kier alpha value is -3.52. The summed E-state index contributed by atoms with van der Waals surface area (Å²) in [6, 6.07) is 9.33. The molecule has 1 aliphatic heterocycles. The number of nitrogens with two attached hydrogens (primary N) is 1. The standard InChI is InChI=1S/C25H31F3N4O6S/c1-15-6-9-18(10-7-15)39(36,37)31-14-17(13-23(2,3)21(33)30-29)38-20-11-8-16(12-19(20)31)32(22(34)35)24(4,5)25(26,27)28/h6-12,17H,13-14,29H2,1-5H3,(H,30,33)(H,34,35)/t17-/m0/s1. The van der Waals surface area contributed by atoms with E-state index in [9.17, 15) is 36.3 Å². The predicted molar refractivity (Wildman–Crippen MR) is 138 cm³/mol. The first-order chi connectivity index (χ1) is 17.8. The summed E-state index contributed by atoms with van der Waals surface area (Å²) in [5.41, 5.74) is -1.59. The van der Waals surface area contributed by atoms with Crippen molar-refractivity contribution in [3.63, 3.8) is 0 Å². The third-order valence-electron chi connectivity index (χ3n) is 6.67. The number of nitrogens with zero attached hydrogens (tertiary/aromatic N) is 2. The van der Waals surface area contributed by atoms with Crippen molar-refractivity contribution in [3.8, 4) is 5.75 Å². The number of carboxylic acid groups (broad SMARTS) is 1. The van der Waals surface area contributed by atoms with Crippen LogP contribution in [-0.2, 0) is 14.8 Å². The molecule has 0 aliphatic carbocycles. The van der Waals surface area contributed by atoms with Crippen molar-refractivity contribution >= 4 is 33.4 Å². The molecule has 0 fully saturated rings. The second kappa shape index (κ2) is 10.2. The van der Waals surface area contributed by atoms with E-state index < -0.39 is 50.9 Å². The molecule has 0 aromatic heterocycles. The van der Waals surface area contributed by atoms with Crippen LogP contribution in [0.2, 0.25) is 0 Å². The van der Waals surface area contributed by atoms with Crippen LogP contribution in [0.4, 0.5) is 29.3 Å². The molecule has 1 aliphatic rings. The number of hydrogen-bond acceptors (Lipinski definition) is 6. The highest BCUT2D eigenvalue weighted by Crippen LogP contribution is 2.44. The van der Waals surface area contributed by atoms with E-state index in [0.717, 1.165) is 22.0 Å². The fourth-order valence-electron chi connectivity index (χ4n) is 4.27. The van der Waals surface area contributed by atoms with Gasteiger partial charge in [-0.2, -0.15) is 13.2 Å². The fraction of sp³-hybridized carbons (Fsp3) is 0.440. The molecule has 3 rings (SSSR count). The second-order valence-corrected chi connectivity index (χ2v) is 12.3. The van der Waals surface area contributed by atoms with Crippen molar-refractivity contribution in [2.75, 3.05) is 15.7 Å². The first-order valence-electron chi connectivity index (χ1n) is 11.8. The van der Waals surface area contributed by atoms with Crippen LogP contribution in [0.3, 0.4) is 0 Å². The highest BCUT2D eigenvalue weighted by molar-refractivity contribution is 7.92. The third kappa shape index (κ3) is 5.76. The summed E-state index contributed by atoms with van der Waals surface area (Å²) in [5.74, 6) is 4.76. The topological polar surface area (TPSA) is 142 Å². The largest absolute Gasteiger partial charge is 0.486 e. The number of rotatable bonds is 7. The summed E-state index contributed by atoms with van der Waals surface area (Å²) in [4.78, 5) is 24.3. The quantitative estimate of drug-likeness (QED) is 0.257.